The number of benzene rings is 1. The maximum Gasteiger partial charge on any atom is 0.0272 e. The Morgan fingerprint density at radius 3 is 2.46 bits per heavy atom. The van der Waals surface area contributed by atoms with E-state index in [1.807, 2.05) is 37.3 Å². The molecule has 1 aromatic rings. The van der Waals surface area contributed by atoms with Crippen molar-refractivity contribution in [1.29, 1.82) is 0 Å². The van der Waals surface area contributed by atoms with Crippen LogP contribution in [0.3, 0.4) is 0 Å². The minimum Gasteiger partial charge on any atom is -0.324 e. The third-order valence-electron chi connectivity index (χ3n) is 2.09. The molecule has 1 atom stereocenters. The molecule has 68 valence electrons. The van der Waals surface area contributed by atoms with Crippen LogP contribution in [0.4, 0.5) is 0 Å². The highest BCUT2D eigenvalue weighted by atomic mass is 14.6. The molecule has 0 fully saturated rings. The summed E-state index contributed by atoms with van der Waals surface area (Å²) in [6, 6.07) is 6.06. The van der Waals surface area contributed by atoms with Gasteiger partial charge < -0.3 is 5.73 Å². The third kappa shape index (κ3) is 1.87. The predicted molar refractivity (Wildman–Crippen MR) is 59.2 cm³/mol. The minimum atomic E-state index is 0.0351. The van der Waals surface area contributed by atoms with Gasteiger partial charge in [-0.1, -0.05) is 43.5 Å². The first-order valence-corrected chi connectivity index (χ1v) is 4.34. The lowest BCUT2D eigenvalue weighted by Crippen LogP contribution is -2.07. The van der Waals surface area contributed by atoms with E-state index < -0.39 is 0 Å². The van der Waals surface area contributed by atoms with Crippen LogP contribution in [-0.2, 0) is 0 Å². The lowest BCUT2D eigenvalue weighted by atomic mass is 9.97. The summed E-state index contributed by atoms with van der Waals surface area (Å²) in [7, 11) is 0. The fourth-order valence-corrected chi connectivity index (χ4v) is 1.41. The minimum absolute atomic E-state index is 0.0351. The van der Waals surface area contributed by atoms with Crippen LogP contribution in [0.15, 0.2) is 31.4 Å². The van der Waals surface area contributed by atoms with Crippen molar-refractivity contribution in [3.05, 3.63) is 48.0 Å². The summed E-state index contributed by atoms with van der Waals surface area (Å²) >= 11 is 0. The van der Waals surface area contributed by atoms with Crippen molar-refractivity contribution in [3.8, 4) is 0 Å². The summed E-state index contributed by atoms with van der Waals surface area (Å²) in [4.78, 5) is 0. The molecule has 0 aliphatic carbocycles. The van der Waals surface area contributed by atoms with Crippen molar-refractivity contribution in [1.82, 2.24) is 0 Å². The molecule has 1 aromatic carbocycles. The van der Waals surface area contributed by atoms with Crippen molar-refractivity contribution < 1.29 is 0 Å². The molecule has 0 heterocycles. The van der Waals surface area contributed by atoms with Crippen molar-refractivity contribution in [2.24, 2.45) is 5.73 Å². The molecule has 0 radical (unpaired) electrons. The first-order valence-electron chi connectivity index (χ1n) is 4.34. The standard InChI is InChI=1S/C12H15N/c1-4-10-7-6-8-12(9(3)13)11(10)5-2/h4-9H,1-2,13H2,3H3. The third-order valence-corrected chi connectivity index (χ3v) is 2.09. The Bertz CT molecular complexity index is 324. The molecule has 1 heteroatoms. The zero-order chi connectivity index (χ0) is 9.84. The molecule has 2 N–H and O–H groups in total. The van der Waals surface area contributed by atoms with Crippen molar-refractivity contribution in [2.45, 2.75) is 13.0 Å². The summed E-state index contributed by atoms with van der Waals surface area (Å²) in [5.41, 5.74) is 9.13. The first kappa shape index (κ1) is 9.75. The second kappa shape index (κ2) is 4.06. The van der Waals surface area contributed by atoms with E-state index in [1.165, 1.54) is 0 Å². The van der Waals surface area contributed by atoms with E-state index in [0.29, 0.717) is 0 Å². The average Bonchev–Trinajstić information content (AvgIpc) is 2.16. The Labute approximate surface area is 79.6 Å². The van der Waals surface area contributed by atoms with E-state index >= 15 is 0 Å². The zero-order valence-corrected chi connectivity index (χ0v) is 7.96. The monoisotopic (exact) mass is 173 g/mol. The molecule has 0 bridgehead atoms. The van der Waals surface area contributed by atoms with Gasteiger partial charge in [0, 0.05) is 6.04 Å². The van der Waals surface area contributed by atoms with Gasteiger partial charge in [-0.15, -0.1) is 0 Å². The van der Waals surface area contributed by atoms with Gasteiger partial charge in [0.2, 0.25) is 0 Å². The maximum absolute atomic E-state index is 5.83. The number of rotatable bonds is 3. The van der Waals surface area contributed by atoms with Crippen molar-refractivity contribution in [2.75, 3.05) is 0 Å². The molecule has 1 unspecified atom stereocenters. The number of hydrogen-bond donors (Lipinski definition) is 1. The molecule has 0 aliphatic heterocycles. The smallest absolute Gasteiger partial charge is 0.0272 e. The van der Waals surface area contributed by atoms with Crippen LogP contribution in [0.5, 0.6) is 0 Å². The molecule has 0 spiro atoms. The Balaban J connectivity index is 3.35. The Hall–Kier alpha value is -1.34. The summed E-state index contributed by atoms with van der Waals surface area (Å²) < 4.78 is 0. The second-order valence-corrected chi connectivity index (χ2v) is 3.05. The maximum atomic E-state index is 5.83. The summed E-state index contributed by atoms with van der Waals surface area (Å²) in [5.74, 6) is 0. The lowest BCUT2D eigenvalue weighted by molar-refractivity contribution is 0.815. The molecular formula is C12H15N. The molecule has 1 nitrogen and oxygen atoms in total. The van der Waals surface area contributed by atoms with E-state index in [9.17, 15) is 0 Å². The van der Waals surface area contributed by atoms with E-state index in [-0.39, 0.29) is 6.04 Å². The highest BCUT2D eigenvalue weighted by molar-refractivity contribution is 5.66. The highest BCUT2D eigenvalue weighted by Crippen LogP contribution is 2.21. The van der Waals surface area contributed by atoms with Crippen molar-refractivity contribution in [3.63, 3.8) is 0 Å². The topological polar surface area (TPSA) is 26.0 Å². The first-order chi connectivity index (χ1) is 6.20. The number of nitrogens with two attached hydrogens (primary N) is 1. The van der Waals surface area contributed by atoms with Gasteiger partial charge >= 0.3 is 0 Å². The summed E-state index contributed by atoms with van der Waals surface area (Å²) in [6.07, 6.45) is 3.65. The van der Waals surface area contributed by atoms with Crippen LogP contribution in [0, 0.1) is 0 Å². The van der Waals surface area contributed by atoms with Crippen LogP contribution in [0.25, 0.3) is 12.2 Å². The molecule has 1 rings (SSSR count). The lowest BCUT2D eigenvalue weighted by Gasteiger charge is -2.11. The Morgan fingerprint density at radius 1 is 1.31 bits per heavy atom. The van der Waals surface area contributed by atoms with E-state index in [2.05, 4.69) is 13.2 Å². The predicted octanol–water partition coefficient (Wildman–Crippen LogP) is 2.99. The van der Waals surface area contributed by atoms with Gasteiger partial charge in [0.15, 0.2) is 0 Å². The van der Waals surface area contributed by atoms with Gasteiger partial charge in [-0.2, -0.15) is 0 Å². The summed E-state index contributed by atoms with van der Waals surface area (Å²) in [6.45, 7) is 9.50. The fraction of sp³-hybridized carbons (Fsp3) is 0.167. The molecule has 0 saturated heterocycles. The van der Waals surface area contributed by atoms with Gasteiger partial charge in [-0.25, -0.2) is 0 Å². The van der Waals surface area contributed by atoms with Gasteiger partial charge in [-0.3, -0.25) is 0 Å². The molecule has 0 aromatic heterocycles. The fourth-order valence-electron chi connectivity index (χ4n) is 1.41. The molecule has 0 amide bonds. The van der Waals surface area contributed by atoms with Crippen LogP contribution < -0.4 is 5.73 Å². The molecule has 13 heavy (non-hydrogen) atoms. The molecule has 0 saturated carbocycles. The van der Waals surface area contributed by atoms with Crippen LogP contribution in [0.2, 0.25) is 0 Å². The second-order valence-electron chi connectivity index (χ2n) is 3.05. The SMILES string of the molecule is C=Cc1cccc(C(C)N)c1C=C. The number of hydrogen-bond acceptors (Lipinski definition) is 1. The Kier molecular flexibility index (Phi) is 3.04. The normalized spacial score (nSPS) is 12.2. The zero-order valence-electron chi connectivity index (χ0n) is 7.96. The van der Waals surface area contributed by atoms with Crippen LogP contribution in [-0.4, -0.2) is 0 Å². The van der Waals surface area contributed by atoms with E-state index in [4.69, 9.17) is 5.73 Å². The van der Waals surface area contributed by atoms with Crippen LogP contribution in [0.1, 0.15) is 29.7 Å². The van der Waals surface area contributed by atoms with Gasteiger partial charge in [-0.05, 0) is 23.6 Å². The molecule has 0 aliphatic rings. The quantitative estimate of drug-likeness (QED) is 0.747. The van der Waals surface area contributed by atoms with Crippen LogP contribution >= 0.6 is 0 Å². The van der Waals surface area contributed by atoms with E-state index in [0.717, 1.165) is 16.7 Å². The highest BCUT2D eigenvalue weighted by Gasteiger charge is 2.05. The van der Waals surface area contributed by atoms with E-state index in [1.54, 1.807) is 0 Å². The van der Waals surface area contributed by atoms with Gasteiger partial charge in [0.25, 0.3) is 0 Å². The largest absolute Gasteiger partial charge is 0.324 e. The van der Waals surface area contributed by atoms with Gasteiger partial charge in [0.05, 0.1) is 0 Å². The molecular weight excluding hydrogens is 158 g/mol. The van der Waals surface area contributed by atoms with Crippen molar-refractivity contribution >= 4 is 12.2 Å². The summed E-state index contributed by atoms with van der Waals surface area (Å²) in [5, 5.41) is 0. The average molecular weight is 173 g/mol. The Morgan fingerprint density at radius 2 is 2.00 bits per heavy atom. The van der Waals surface area contributed by atoms with Gasteiger partial charge in [0.1, 0.15) is 0 Å².